The van der Waals surface area contributed by atoms with E-state index >= 15 is 0 Å². The molecule has 86 valence electrons. The normalized spacial score (nSPS) is 24.5. The van der Waals surface area contributed by atoms with Crippen LogP contribution in [0.3, 0.4) is 0 Å². The highest BCUT2D eigenvalue weighted by Gasteiger charge is 2.30. The minimum absolute atomic E-state index is 0.207. The lowest BCUT2D eigenvalue weighted by molar-refractivity contribution is 0.0935. The first-order chi connectivity index (χ1) is 7.49. The molecule has 0 spiro atoms. The van der Waals surface area contributed by atoms with Crippen molar-refractivity contribution in [1.82, 2.24) is 9.55 Å². The van der Waals surface area contributed by atoms with Crippen LogP contribution in [0.2, 0.25) is 0 Å². The molecule has 6 heteroatoms. The van der Waals surface area contributed by atoms with E-state index in [1.54, 1.807) is 13.1 Å². The topological polar surface area (TPSA) is 90.4 Å². The van der Waals surface area contributed by atoms with Gasteiger partial charge in [0, 0.05) is 18.2 Å². The van der Waals surface area contributed by atoms with Crippen LogP contribution < -0.4 is 11.4 Å². The summed E-state index contributed by atoms with van der Waals surface area (Å²) in [4.78, 5) is 15.2. The molecule has 0 amide bonds. The van der Waals surface area contributed by atoms with Crippen LogP contribution in [0.15, 0.2) is 23.3 Å². The third-order valence-corrected chi connectivity index (χ3v) is 2.57. The summed E-state index contributed by atoms with van der Waals surface area (Å²) in [6.07, 6.45) is 0.571. The Balaban J connectivity index is 2.39. The van der Waals surface area contributed by atoms with Crippen molar-refractivity contribution in [3.05, 3.63) is 34.6 Å². The zero-order valence-electron chi connectivity index (χ0n) is 8.88. The Morgan fingerprint density at radius 3 is 3.00 bits per heavy atom. The van der Waals surface area contributed by atoms with Gasteiger partial charge in [0.15, 0.2) is 6.23 Å². The molecule has 3 N–H and O–H groups in total. The van der Waals surface area contributed by atoms with Gasteiger partial charge in [0.25, 0.3) is 0 Å². The highest BCUT2D eigenvalue weighted by atomic mass is 16.5. The number of aromatic nitrogens is 2. The van der Waals surface area contributed by atoms with E-state index in [0.29, 0.717) is 12.0 Å². The fourth-order valence-electron chi connectivity index (χ4n) is 1.58. The Morgan fingerprint density at radius 1 is 1.75 bits per heavy atom. The summed E-state index contributed by atoms with van der Waals surface area (Å²) < 4.78 is 6.59. The third-order valence-electron chi connectivity index (χ3n) is 2.57. The van der Waals surface area contributed by atoms with E-state index in [-0.39, 0.29) is 11.6 Å². The Morgan fingerprint density at radius 2 is 2.44 bits per heavy atom. The highest BCUT2D eigenvalue weighted by Crippen LogP contribution is 2.29. The molecule has 1 aliphatic rings. The van der Waals surface area contributed by atoms with Crippen LogP contribution in [0.4, 0.5) is 5.82 Å². The monoisotopic (exact) mass is 223 g/mol. The predicted octanol–water partition coefficient (Wildman–Crippen LogP) is -0.0726. The lowest BCUT2D eigenvalue weighted by Gasteiger charge is -2.13. The summed E-state index contributed by atoms with van der Waals surface area (Å²) in [6.45, 7) is 5.30. The van der Waals surface area contributed by atoms with Gasteiger partial charge in [-0.05, 0) is 6.92 Å². The zero-order valence-corrected chi connectivity index (χ0v) is 8.88. The summed E-state index contributed by atoms with van der Waals surface area (Å²) in [5.74, 6) is 0.477. The van der Waals surface area contributed by atoms with E-state index in [9.17, 15) is 9.90 Å². The van der Waals surface area contributed by atoms with Crippen molar-refractivity contribution in [2.24, 2.45) is 0 Å². The molecule has 1 fully saturated rings. The predicted molar refractivity (Wildman–Crippen MR) is 57.5 cm³/mol. The summed E-state index contributed by atoms with van der Waals surface area (Å²) >= 11 is 0. The molecule has 2 heterocycles. The van der Waals surface area contributed by atoms with E-state index in [1.165, 1.54) is 4.57 Å². The lowest BCUT2D eigenvalue weighted by Crippen LogP contribution is -2.28. The zero-order chi connectivity index (χ0) is 11.9. The van der Waals surface area contributed by atoms with E-state index < -0.39 is 18.0 Å². The lowest BCUT2D eigenvalue weighted by atomic mass is 10.2. The van der Waals surface area contributed by atoms with Gasteiger partial charge in [-0.3, -0.25) is 4.57 Å². The quantitative estimate of drug-likeness (QED) is 0.695. The van der Waals surface area contributed by atoms with Crippen molar-refractivity contribution in [3.8, 4) is 0 Å². The number of hydrogen-bond acceptors (Lipinski definition) is 5. The van der Waals surface area contributed by atoms with Gasteiger partial charge in [0.05, 0.1) is 0 Å². The maximum atomic E-state index is 11.6. The van der Waals surface area contributed by atoms with Crippen molar-refractivity contribution in [1.29, 1.82) is 0 Å². The van der Waals surface area contributed by atoms with Gasteiger partial charge in [-0.2, -0.15) is 4.98 Å². The number of rotatable bonds is 1. The van der Waals surface area contributed by atoms with Crippen molar-refractivity contribution >= 4 is 5.82 Å². The number of aryl methyl sites for hydroxylation is 1. The number of anilines is 1. The van der Waals surface area contributed by atoms with Crippen molar-refractivity contribution < 1.29 is 9.84 Å². The number of nitrogens with zero attached hydrogens (tertiary/aromatic N) is 2. The molecule has 0 bridgehead atoms. The second-order valence-corrected chi connectivity index (χ2v) is 3.79. The Bertz CT molecular complexity index is 495. The number of aliphatic hydroxyl groups excluding tert-OH is 1. The van der Waals surface area contributed by atoms with E-state index in [0.717, 1.165) is 0 Å². The molecule has 1 saturated heterocycles. The second kappa shape index (κ2) is 3.64. The largest absolute Gasteiger partial charge is 0.472 e. The van der Waals surface area contributed by atoms with Crippen LogP contribution >= 0.6 is 0 Å². The van der Waals surface area contributed by atoms with Gasteiger partial charge in [-0.15, -0.1) is 0 Å². The number of ether oxygens (including phenoxy) is 1. The van der Waals surface area contributed by atoms with Crippen molar-refractivity contribution in [3.63, 3.8) is 0 Å². The van der Waals surface area contributed by atoms with E-state index in [1.807, 2.05) is 0 Å². The maximum absolute atomic E-state index is 11.6. The molecule has 1 aliphatic heterocycles. The van der Waals surface area contributed by atoms with Crippen molar-refractivity contribution in [2.45, 2.75) is 25.7 Å². The molecule has 2 rings (SSSR count). The second-order valence-electron chi connectivity index (χ2n) is 3.79. The van der Waals surface area contributed by atoms with Crippen LogP contribution in [0.1, 0.15) is 18.2 Å². The van der Waals surface area contributed by atoms with Gasteiger partial charge in [-0.25, -0.2) is 4.79 Å². The standard InChI is InChI=1S/C10H13N3O3/c1-5-4-13(10(15)12-9(5)11)8-3-7(14)6(2)16-8/h4,7-8,14H,2-3H2,1H3,(H2,11,12,15)/t7-,8-/m0/s1. The first kappa shape index (κ1) is 10.7. The highest BCUT2D eigenvalue weighted by molar-refractivity contribution is 5.35. The molecule has 16 heavy (non-hydrogen) atoms. The van der Waals surface area contributed by atoms with E-state index in [2.05, 4.69) is 11.6 Å². The van der Waals surface area contributed by atoms with Crippen LogP contribution in [0, 0.1) is 6.92 Å². The van der Waals surface area contributed by atoms with Crippen molar-refractivity contribution in [2.75, 3.05) is 5.73 Å². The first-order valence-corrected chi connectivity index (χ1v) is 4.88. The Kier molecular flexibility index (Phi) is 2.43. The summed E-state index contributed by atoms with van der Waals surface area (Å²) in [7, 11) is 0. The third kappa shape index (κ3) is 1.67. The van der Waals surface area contributed by atoms with Gasteiger partial charge < -0.3 is 15.6 Å². The molecule has 0 saturated carbocycles. The fourth-order valence-corrected chi connectivity index (χ4v) is 1.58. The fraction of sp³-hybridized carbons (Fsp3) is 0.400. The molecular formula is C10H13N3O3. The van der Waals surface area contributed by atoms with Gasteiger partial charge in [0.2, 0.25) is 0 Å². The molecular weight excluding hydrogens is 210 g/mol. The average molecular weight is 223 g/mol. The molecule has 0 unspecified atom stereocenters. The average Bonchev–Trinajstić information content (AvgIpc) is 2.53. The SMILES string of the molecule is C=C1O[C@H](n2cc(C)c(N)nc2=O)C[C@@H]1O. The minimum Gasteiger partial charge on any atom is -0.472 e. The number of nitrogen functional groups attached to an aromatic ring is 1. The first-order valence-electron chi connectivity index (χ1n) is 4.88. The van der Waals surface area contributed by atoms with Gasteiger partial charge >= 0.3 is 5.69 Å². The number of nitrogens with two attached hydrogens (primary N) is 1. The summed E-state index contributed by atoms with van der Waals surface area (Å²) in [5, 5.41) is 9.46. The number of hydrogen-bond donors (Lipinski definition) is 2. The molecule has 0 aliphatic carbocycles. The van der Waals surface area contributed by atoms with Crippen LogP contribution in [-0.2, 0) is 4.74 Å². The summed E-state index contributed by atoms with van der Waals surface area (Å²) in [5.41, 5.74) is 5.71. The summed E-state index contributed by atoms with van der Waals surface area (Å²) in [6, 6.07) is 0. The van der Waals surface area contributed by atoms with Gasteiger partial charge in [-0.1, -0.05) is 6.58 Å². The molecule has 0 aromatic carbocycles. The smallest absolute Gasteiger partial charge is 0.352 e. The Hall–Kier alpha value is -1.82. The molecule has 1 aromatic rings. The van der Waals surface area contributed by atoms with Crippen LogP contribution in [0.5, 0.6) is 0 Å². The van der Waals surface area contributed by atoms with Crippen LogP contribution in [-0.4, -0.2) is 20.8 Å². The van der Waals surface area contributed by atoms with Crippen LogP contribution in [0.25, 0.3) is 0 Å². The maximum Gasteiger partial charge on any atom is 0.352 e. The number of aliphatic hydroxyl groups is 1. The molecule has 2 atom stereocenters. The minimum atomic E-state index is -0.741. The van der Waals surface area contributed by atoms with Gasteiger partial charge in [0.1, 0.15) is 17.7 Å². The molecule has 0 radical (unpaired) electrons. The molecule has 1 aromatic heterocycles. The Labute approximate surface area is 92.0 Å². The molecule has 6 nitrogen and oxygen atoms in total. The van der Waals surface area contributed by atoms with E-state index in [4.69, 9.17) is 10.5 Å².